The molecule has 1 saturated heterocycles. The maximum atomic E-state index is 13.1. The molecular weight excluding hydrogens is 318 g/mol. The Labute approximate surface area is 146 Å². The van der Waals surface area contributed by atoms with Crippen LogP contribution in [-0.2, 0) is 4.79 Å². The summed E-state index contributed by atoms with van der Waals surface area (Å²) in [4.78, 5) is 25.6. The van der Waals surface area contributed by atoms with E-state index >= 15 is 0 Å². The highest BCUT2D eigenvalue weighted by atomic mass is 16.5. The molecule has 7 nitrogen and oxygen atoms in total. The summed E-state index contributed by atoms with van der Waals surface area (Å²) in [5.74, 6) is 1.77. The number of carbonyl (C=O) groups excluding carboxylic acids is 1. The fourth-order valence-electron chi connectivity index (χ4n) is 3.34. The molecule has 2 aliphatic heterocycles. The monoisotopic (exact) mass is 339 g/mol. The van der Waals surface area contributed by atoms with Crippen LogP contribution in [0.4, 0.5) is 5.82 Å². The highest BCUT2D eigenvalue weighted by Gasteiger charge is 2.31. The number of para-hydroxylation sites is 1. The summed E-state index contributed by atoms with van der Waals surface area (Å²) in [6, 6.07) is 7.43. The van der Waals surface area contributed by atoms with Crippen molar-refractivity contribution in [3.63, 3.8) is 0 Å². The van der Waals surface area contributed by atoms with Gasteiger partial charge in [-0.15, -0.1) is 0 Å². The molecule has 0 bridgehead atoms. The molecule has 1 aromatic heterocycles. The van der Waals surface area contributed by atoms with Crippen molar-refractivity contribution in [1.29, 1.82) is 0 Å². The van der Waals surface area contributed by atoms with E-state index in [2.05, 4.69) is 20.2 Å². The number of anilines is 1. The van der Waals surface area contributed by atoms with Crippen LogP contribution in [0.1, 0.15) is 11.6 Å². The van der Waals surface area contributed by atoms with Crippen LogP contribution in [0, 0.1) is 0 Å². The smallest absolute Gasteiger partial charge is 0.244 e. The fourth-order valence-corrected chi connectivity index (χ4v) is 3.34. The van der Waals surface area contributed by atoms with Gasteiger partial charge in [0.05, 0.1) is 6.20 Å². The van der Waals surface area contributed by atoms with E-state index in [0.717, 1.165) is 30.2 Å². The van der Waals surface area contributed by atoms with Gasteiger partial charge in [-0.3, -0.25) is 15.1 Å². The molecule has 0 saturated carbocycles. The van der Waals surface area contributed by atoms with Gasteiger partial charge in [0.25, 0.3) is 0 Å². The second-order valence-electron chi connectivity index (χ2n) is 6.15. The molecule has 25 heavy (non-hydrogen) atoms. The van der Waals surface area contributed by atoms with Gasteiger partial charge in [-0.1, -0.05) is 18.2 Å². The number of rotatable bonds is 2. The first-order chi connectivity index (χ1) is 12.3. The molecular formula is C18H21N5O2. The molecule has 1 atom stereocenters. The second-order valence-corrected chi connectivity index (χ2v) is 6.15. The summed E-state index contributed by atoms with van der Waals surface area (Å²) >= 11 is 0. The zero-order valence-electron chi connectivity index (χ0n) is 14.0. The van der Waals surface area contributed by atoms with E-state index in [9.17, 15) is 4.79 Å². The summed E-state index contributed by atoms with van der Waals surface area (Å²) < 4.78 is 5.73. The van der Waals surface area contributed by atoms with Crippen molar-refractivity contribution in [3.8, 4) is 5.75 Å². The minimum atomic E-state index is -0.346. The number of aromatic nitrogens is 2. The third kappa shape index (κ3) is 3.28. The molecule has 1 aromatic carbocycles. The number of ether oxygens (including phenoxy) is 1. The van der Waals surface area contributed by atoms with Crippen molar-refractivity contribution in [2.75, 3.05) is 44.2 Å². The molecule has 1 unspecified atom stereocenters. The van der Waals surface area contributed by atoms with E-state index in [1.54, 1.807) is 18.6 Å². The first-order valence-electron chi connectivity index (χ1n) is 8.58. The Bertz CT molecular complexity index is 731. The van der Waals surface area contributed by atoms with Crippen LogP contribution in [0.3, 0.4) is 0 Å². The average Bonchev–Trinajstić information content (AvgIpc) is 2.91. The number of nitrogens with zero attached hydrogens (tertiary/aromatic N) is 4. The molecule has 3 heterocycles. The van der Waals surface area contributed by atoms with Gasteiger partial charge in [0, 0.05) is 50.7 Å². The van der Waals surface area contributed by atoms with E-state index in [-0.39, 0.29) is 11.9 Å². The molecule has 1 fully saturated rings. The van der Waals surface area contributed by atoms with Crippen LogP contribution in [0.5, 0.6) is 5.75 Å². The number of nitrogens with one attached hydrogen (secondary N) is 1. The molecule has 1 amide bonds. The van der Waals surface area contributed by atoms with Gasteiger partial charge in [0.2, 0.25) is 5.91 Å². The Morgan fingerprint density at radius 1 is 1.16 bits per heavy atom. The van der Waals surface area contributed by atoms with Gasteiger partial charge in [0.1, 0.15) is 24.2 Å². The number of hydrogen-bond acceptors (Lipinski definition) is 6. The van der Waals surface area contributed by atoms with Gasteiger partial charge in [0.15, 0.2) is 0 Å². The van der Waals surface area contributed by atoms with E-state index in [0.29, 0.717) is 26.2 Å². The third-order valence-corrected chi connectivity index (χ3v) is 4.65. The van der Waals surface area contributed by atoms with Crippen molar-refractivity contribution in [2.45, 2.75) is 6.04 Å². The lowest BCUT2D eigenvalue weighted by Gasteiger charge is -2.36. The largest absolute Gasteiger partial charge is 0.492 e. The highest BCUT2D eigenvalue weighted by molar-refractivity contribution is 5.84. The number of fused-ring (bicyclic) bond motifs is 1. The van der Waals surface area contributed by atoms with Crippen LogP contribution >= 0.6 is 0 Å². The van der Waals surface area contributed by atoms with Crippen molar-refractivity contribution in [1.82, 2.24) is 20.2 Å². The van der Waals surface area contributed by atoms with Gasteiger partial charge >= 0.3 is 0 Å². The Kier molecular flexibility index (Phi) is 4.47. The quantitative estimate of drug-likeness (QED) is 0.875. The predicted octanol–water partition coefficient (Wildman–Crippen LogP) is 0.848. The maximum absolute atomic E-state index is 13.1. The van der Waals surface area contributed by atoms with E-state index in [1.807, 2.05) is 29.2 Å². The second kappa shape index (κ2) is 7.06. The van der Waals surface area contributed by atoms with Gasteiger partial charge in [-0.2, -0.15) is 0 Å². The van der Waals surface area contributed by atoms with Crippen LogP contribution in [0.2, 0.25) is 0 Å². The van der Waals surface area contributed by atoms with Gasteiger partial charge in [-0.05, 0) is 6.07 Å². The lowest BCUT2D eigenvalue weighted by atomic mass is 10.0. The molecule has 0 spiro atoms. The molecule has 1 N–H and O–H groups in total. The average molecular weight is 339 g/mol. The number of benzene rings is 1. The van der Waals surface area contributed by atoms with Crippen molar-refractivity contribution in [2.24, 2.45) is 0 Å². The molecule has 4 rings (SSSR count). The predicted molar refractivity (Wildman–Crippen MR) is 93.5 cm³/mol. The Morgan fingerprint density at radius 3 is 2.80 bits per heavy atom. The number of carbonyl (C=O) groups is 1. The highest BCUT2D eigenvalue weighted by Crippen LogP contribution is 2.28. The minimum absolute atomic E-state index is 0.108. The minimum Gasteiger partial charge on any atom is -0.492 e. The zero-order valence-corrected chi connectivity index (χ0v) is 14.0. The molecule has 2 aliphatic rings. The van der Waals surface area contributed by atoms with Crippen molar-refractivity contribution >= 4 is 11.7 Å². The molecule has 7 heteroatoms. The number of piperazine rings is 1. The molecule has 130 valence electrons. The van der Waals surface area contributed by atoms with Crippen LogP contribution in [-0.4, -0.2) is 60.1 Å². The Hall–Kier alpha value is -2.67. The normalized spacial score (nSPS) is 20.4. The summed E-state index contributed by atoms with van der Waals surface area (Å²) in [5, 5.41) is 3.33. The first kappa shape index (κ1) is 15.8. The summed E-state index contributed by atoms with van der Waals surface area (Å²) in [5.41, 5.74) is 0.918. The van der Waals surface area contributed by atoms with E-state index in [1.165, 1.54) is 0 Å². The summed E-state index contributed by atoms with van der Waals surface area (Å²) in [6.45, 7) is 4.10. The summed E-state index contributed by atoms with van der Waals surface area (Å²) in [7, 11) is 0. The zero-order chi connectivity index (χ0) is 17.1. The van der Waals surface area contributed by atoms with Gasteiger partial charge < -0.3 is 14.5 Å². The fraction of sp³-hybridized carbons (Fsp3) is 0.389. The molecule has 2 aromatic rings. The van der Waals surface area contributed by atoms with Crippen LogP contribution in [0.25, 0.3) is 0 Å². The lowest BCUT2D eigenvalue weighted by Crippen LogP contribution is -2.51. The van der Waals surface area contributed by atoms with Crippen molar-refractivity contribution in [3.05, 3.63) is 48.4 Å². The van der Waals surface area contributed by atoms with Crippen LogP contribution < -0.4 is 15.0 Å². The Balaban J connectivity index is 1.46. The maximum Gasteiger partial charge on any atom is 0.244 e. The van der Waals surface area contributed by atoms with Crippen LogP contribution in [0.15, 0.2) is 42.9 Å². The van der Waals surface area contributed by atoms with E-state index < -0.39 is 0 Å². The lowest BCUT2D eigenvalue weighted by molar-refractivity contribution is -0.133. The van der Waals surface area contributed by atoms with Crippen molar-refractivity contribution < 1.29 is 9.53 Å². The number of amides is 1. The van der Waals surface area contributed by atoms with Gasteiger partial charge in [-0.25, -0.2) is 4.98 Å². The first-order valence-corrected chi connectivity index (χ1v) is 8.58. The number of hydrogen-bond donors (Lipinski definition) is 1. The summed E-state index contributed by atoms with van der Waals surface area (Å²) in [6.07, 6.45) is 5.12. The Morgan fingerprint density at radius 2 is 2.00 bits per heavy atom. The SMILES string of the molecule is O=C(C1NCCOc2ccccc21)N1CCN(c2cnccn2)CC1. The topological polar surface area (TPSA) is 70.6 Å². The van der Waals surface area contributed by atoms with E-state index in [4.69, 9.17) is 4.74 Å². The standard InChI is InChI=1S/C18H21N5O2/c24-18(17-14-3-1-2-4-15(14)25-12-7-21-17)23-10-8-22(9-11-23)16-13-19-5-6-20-16/h1-6,13,17,21H,7-12H2. The molecule has 0 radical (unpaired) electrons. The molecule has 0 aliphatic carbocycles. The third-order valence-electron chi connectivity index (χ3n) is 4.65.